The molecule has 7 nitrogen and oxygen atoms in total. The van der Waals surface area contributed by atoms with Crippen molar-refractivity contribution in [2.45, 2.75) is 30.3 Å². The van der Waals surface area contributed by atoms with Crippen LogP contribution in [-0.2, 0) is 29.5 Å². The Morgan fingerprint density at radius 3 is 2.38 bits per heavy atom. The lowest BCUT2D eigenvalue weighted by molar-refractivity contribution is 0.159. The van der Waals surface area contributed by atoms with Crippen LogP contribution in [0.1, 0.15) is 28.3 Å². The Balaban J connectivity index is 1.21. The quantitative estimate of drug-likeness (QED) is 0.308. The Morgan fingerprint density at radius 1 is 0.872 bits per heavy atom. The van der Waals surface area contributed by atoms with Crippen molar-refractivity contribution in [2.75, 3.05) is 20.4 Å². The van der Waals surface area contributed by atoms with Crippen molar-refractivity contribution in [3.05, 3.63) is 101 Å². The lowest BCUT2D eigenvalue weighted by Crippen LogP contribution is -2.39. The predicted molar refractivity (Wildman–Crippen MR) is 146 cm³/mol. The van der Waals surface area contributed by atoms with E-state index in [1.165, 1.54) is 18.2 Å². The highest BCUT2D eigenvalue weighted by Crippen LogP contribution is 2.47. The molecular weight excluding hydrogens is 514 g/mol. The minimum Gasteiger partial charge on any atom is -0.493 e. The molecule has 0 fully saturated rings. The molecule has 4 aromatic rings. The van der Waals surface area contributed by atoms with Crippen LogP contribution in [0, 0.1) is 0 Å². The fourth-order valence-corrected chi connectivity index (χ4v) is 6.82. The van der Waals surface area contributed by atoms with Crippen LogP contribution < -0.4 is 18.4 Å². The molecular formula is C31H27NO6S. The van der Waals surface area contributed by atoms with Crippen LogP contribution in [0.5, 0.6) is 23.0 Å². The third-order valence-corrected chi connectivity index (χ3v) is 9.10. The summed E-state index contributed by atoms with van der Waals surface area (Å²) < 4.78 is 49.5. The van der Waals surface area contributed by atoms with Gasteiger partial charge in [0.25, 0.3) is 0 Å². The van der Waals surface area contributed by atoms with E-state index >= 15 is 0 Å². The van der Waals surface area contributed by atoms with Crippen molar-refractivity contribution in [1.29, 1.82) is 0 Å². The Kier molecular flexibility index (Phi) is 5.75. The molecule has 39 heavy (non-hydrogen) atoms. The van der Waals surface area contributed by atoms with Crippen LogP contribution >= 0.6 is 0 Å². The van der Waals surface area contributed by atoms with Gasteiger partial charge >= 0.3 is 10.1 Å². The summed E-state index contributed by atoms with van der Waals surface area (Å²) in [5.41, 5.74) is 6.36. The monoisotopic (exact) mass is 541 g/mol. The fourth-order valence-electron chi connectivity index (χ4n) is 5.85. The zero-order valence-corrected chi connectivity index (χ0v) is 22.2. The number of methoxy groups -OCH3 is 1. The third kappa shape index (κ3) is 4.20. The molecule has 198 valence electrons. The van der Waals surface area contributed by atoms with Gasteiger partial charge in [0.1, 0.15) is 4.90 Å². The average Bonchev–Trinajstić information content (AvgIpc) is 3.43. The van der Waals surface area contributed by atoms with E-state index < -0.39 is 10.1 Å². The lowest BCUT2D eigenvalue weighted by Gasteiger charge is -2.42. The molecule has 0 saturated carbocycles. The van der Waals surface area contributed by atoms with Gasteiger partial charge in [0.15, 0.2) is 23.0 Å². The summed E-state index contributed by atoms with van der Waals surface area (Å²) in [6, 6.07) is 24.8. The first-order chi connectivity index (χ1) is 19.0. The molecule has 7 rings (SSSR count). The number of fused-ring (bicyclic) bond motifs is 5. The SMILES string of the molecule is COc1ccc2c(c1OS(=O)(=O)c1ccc(-c3ccccc3)cc1)CN1CCc3cc4c(cc3C1C2)OCO4. The number of ether oxygens (including phenoxy) is 3. The number of rotatable bonds is 5. The third-order valence-electron chi connectivity index (χ3n) is 7.86. The van der Waals surface area contributed by atoms with E-state index in [0.29, 0.717) is 12.3 Å². The van der Waals surface area contributed by atoms with Crippen LogP contribution in [0.4, 0.5) is 0 Å². The first kappa shape index (κ1) is 24.1. The smallest absolute Gasteiger partial charge is 0.339 e. The lowest BCUT2D eigenvalue weighted by atomic mass is 9.83. The van der Waals surface area contributed by atoms with Gasteiger partial charge in [-0.05, 0) is 71.0 Å². The average molecular weight is 542 g/mol. The molecule has 1 atom stereocenters. The fraction of sp³-hybridized carbons (Fsp3) is 0.226. The molecule has 8 heteroatoms. The van der Waals surface area contributed by atoms with Gasteiger partial charge in [-0.15, -0.1) is 0 Å². The van der Waals surface area contributed by atoms with E-state index in [-0.39, 0.29) is 23.5 Å². The van der Waals surface area contributed by atoms with Gasteiger partial charge in [-0.2, -0.15) is 8.42 Å². The second-order valence-electron chi connectivity index (χ2n) is 10.0. The second kappa shape index (κ2) is 9.32. The molecule has 0 N–H and O–H groups in total. The number of hydrogen-bond donors (Lipinski definition) is 0. The maximum absolute atomic E-state index is 13.4. The van der Waals surface area contributed by atoms with E-state index in [0.717, 1.165) is 53.1 Å². The molecule has 3 aliphatic rings. The van der Waals surface area contributed by atoms with E-state index in [1.54, 1.807) is 30.3 Å². The molecule has 0 radical (unpaired) electrons. The van der Waals surface area contributed by atoms with Crippen molar-refractivity contribution in [2.24, 2.45) is 0 Å². The Bertz CT molecular complexity index is 1670. The maximum atomic E-state index is 13.4. The molecule has 4 aromatic carbocycles. The molecule has 0 aromatic heterocycles. The summed E-state index contributed by atoms with van der Waals surface area (Å²) in [6.07, 6.45) is 1.61. The number of nitrogens with zero attached hydrogens (tertiary/aromatic N) is 1. The summed E-state index contributed by atoms with van der Waals surface area (Å²) in [4.78, 5) is 2.47. The molecule has 0 aliphatic carbocycles. The highest BCUT2D eigenvalue weighted by molar-refractivity contribution is 7.87. The molecule has 0 saturated heterocycles. The minimum absolute atomic E-state index is 0.0958. The van der Waals surface area contributed by atoms with Crippen LogP contribution in [0.15, 0.2) is 83.8 Å². The Labute approximate surface area is 227 Å². The van der Waals surface area contributed by atoms with E-state index in [1.807, 2.05) is 36.4 Å². The van der Waals surface area contributed by atoms with Gasteiger partial charge in [-0.1, -0.05) is 48.5 Å². The van der Waals surface area contributed by atoms with E-state index in [4.69, 9.17) is 18.4 Å². The maximum Gasteiger partial charge on any atom is 0.339 e. The van der Waals surface area contributed by atoms with Gasteiger partial charge < -0.3 is 18.4 Å². The molecule has 3 heterocycles. The number of benzene rings is 4. The predicted octanol–water partition coefficient (Wildman–Crippen LogP) is 5.51. The summed E-state index contributed by atoms with van der Waals surface area (Å²) >= 11 is 0. The number of hydrogen-bond acceptors (Lipinski definition) is 7. The van der Waals surface area contributed by atoms with Crippen LogP contribution in [0.3, 0.4) is 0 Å². The van der Waals surface area contributed by atoms with Gasteiger partial charge in [-0.25, -0.2) is 0 Å². The van der Waals surface area contributed by atoms with Gasteiger partial charge in [-0.3, -0.25) is 4.90 Å². The highest BCUT2D eigenvalue weighted by atomic mass is 32.2. The molecule has 0 spiro atoms. The second-order valence-corrected chi connectivity index (χ2v) is 11.6. The first-order valence-electron chi connectivity index (χ1n) is 13.0. The zero-order chi connectivity index (χ0) is 26.6. The van der Waals surface area contributed by atoms with Crippen molar-refractivity contribution >= 4 is 10.1 Å². The van der Waals surface area contributed by atoms with Crippen LogP contribution in [-0.4, -0.2) is 33.8 Å². The molecule has 0 bridgehead atoms. The summed E-state index contributed by atoms with van der Waals surface area (Å²) in [5, 5.41) is 0. The van der Waals surface area contributed by atoms with Crippen molar-refractivity contribution in [3.8, 4) is 34.1 Å². The standard InChI is InChI=1S/C31H27NO6S/c1-35-28-12-9-22-15-27-25-17-30-29(36-19-37-30)16-23(25)13-14-32(27)18-26(22)31(28)38-39(33,34)24-10-7-21(8-11-24)20-5-3-2-4-6-20/h2-12,16-17,27H,13-15,18-19H2,1H3. The largest absolute Gasteiger partial charge is 0.493 e. The summed E-state index contributed by atoms with van der Waals surface area (Å²) in [6.45, 7) is 1.66. The van der Waals surface area contributed by atoms with Crippen LogP contribution in [0.2, 0.25) is 0 Å². The van der Waals surface area contributed by atoms with Gasteiger partial charge in [0.2, 0.25) is 6.79 Å². The zero-order valence-electron chi connectivity index (χ0n) is 21.4. The molecule has 3 aliphatic heterocycles. The summed E-state index contributed by atoms with van der Waals surface area (Å²) in [5.74, 6) is 2.25. The Morgan fingerprint density at radius 2 is 1.62 bits per heavy atom. The van der Waals surface area contributed by atoms with Crippen LogP contribution in [0.25, 0.3) is 11.1 Å². The van der Waals surface area contributed by atoms with Crippen molar-refractivity contribution in [3.63, 3.8) is 0 Å². The van der Waals surface area contributed by atoms with Crippen molar-refractivity contribution in [1.82, 2.24) is 4.90 Å². The highest BCUT2D eigenvalue weighted by Gasteiger charge is 2.36. The summed E-state index contributed by atoms with van der Waals surface area (Å²) in [7, 11) is -2.56. The van der Waals surface area contributed by atoms with E-state index in [2.05, 4.69) is 17.0 Å². The van der Waals surface area contributed by atoms with E-state index in [9.17, 15) is 8.42 Å². The Hall–Kier alpha value is -4.01. The van der Waals surface area contributed by atoms with Gasteiger partial charge in [0, 0.05) is 24.7 Å². The van der Waals surface area contributed by atoms with Crippen molar-refractivity contribution < 1.29 is 26.8 Å². The van der Waals surface area contributed by atoms with Gasteiger partial charge in [0.05, 0.1) is 7.11 Å². The molecule has 1 unspecified atom stereocenters. The first-order valence-corrected chi connectivity index (χ1v) is 14.4. The minimum atomic E-state index is -4.09. The topological polar surface area (TPSA) is 74.3 Å². The molecule has 0 amide bonds. The normalized spacial score (nSPS) is 17.6.